The molecule has 21 heavy (non-hydrogen) atoms. The van der Waals surface area contributed by atoms with Crippen LogP contribution in [0.1, 0.15) is 36.7 Å². The lowest BCUT2D eigenvalue weighted by atomic mass is 10.2. The van der Waals surface area contributed by atoms with E-state index < -0.39 is 0 Å². The van der Waals surface area contributed by atoms with Crippen molar-refractivity contribution in [3.05, 3.63) is 41.5 Å². The molecule has 6 nitrogen and oxygen atoms in total. The van der Waals surface area contributed by atoms with Crippen molar-refractivity contribution in [3.63, 3.8) is 0 Å². The van der Waals surface area contributed by atoms with E-state index in [2.05, 4.69) is 45.6 Å². The molecule has 4 N–H and O–H groups in total. The molecular weight excluding hydrogens is 264 g/mol. The summed E-state index contributed by atoms with van der Waals surface area (Å²) in [4.78, 5) is 13.1. The van der Waals surface area contributed by atoms with Crippen molar-refractivity contribution in [3.8, 4) is 0 Å². The third-order valence-corrected chi connectivity index (χ3v) is 3.25. The summed E-state index contributed by atoms with van der Waals surface area (Å²) in [6.07, 6.45) is 4.54. The quantitative estimate of drug-likeness (QED) is 0.557. The number of hydrazine groups is 1. The molecule has 2 aromatic heterocycles. The Morgan fingerprint density at radius 3 is 2.62 bits per heavy atom. The second-order valence-electron chi connectivity index (χ2n) is 5.24. The number of nitrogens with one attached hydrogen (secondary N) is 2. The third-order valence-electron chi connectivity index (χ3n) is 3.25. The average molecular weight is 286 g/mol. The Morgan fingerprint density at radius 1 is 1.24 bits per heavy atom. The van der Waals surface area contributed by atoms with Gasteiger partial charge in [-0.1, -0.05) is 19.9 Å². The summed E-state index contributed by atoms with van der Waals surface area (Å²) in [5.41, 5.74) is 4.75. The molecule has 112 valence electrons. The first-order chi connectivity index (χ1) is 10.1. The van der Waals surface area contributed by atoms with E-state index in [9.17, 15) is 0 Å². The van der Waals surface area contributed by atoms with Crippen molar-refractivity contribution < 1.29 is 0 Å². The molecule has 0 amide bonds. The Bertz CT molecular complexity index is 582. The molecule has 0 atom stereocenters. The van der Waals surface area contributed by atoms with Gasteiger partial charge < -0.3 is 10.7 Å². The van der Waals surface area contributed by atoms with Crippen molar-refractivity contribution in [2.24, 2.45) is 5.84 Å². The van der Waals surface area contributed by atoms with Crippen LogP contribution < -0.4 is 16.6 Å². The van der Waals surface area contributed by atoms with Crippen LogP contribution in [0.3, 0.4) is 0 Å². The van der Waals surface area contributed by atoms with Crippen LogP contribution in [0.15, 0.2) is 24.5 Å². The molecule has 0 spiro atoms. The van der Waals surface area contributed by atoms with Crippen LogP contribution in [0.4, 0.5) is 11.6 Å². The van der Waals surface area contributed by atoms with Gasteiger partial charge in [0.15, 0.2) is 0 Å². The summed E-state index contributed by atoms with van der Waals surface area (Å²) in [6.45, 7) is 6.85. The summed E-state index contributed by atoms with van der Waals surface area (Å²) in [6, 6.07) is 4.01. The number of hydrogen-bond donors (Lipinski definition) is 3. The summed E-state index contributed by atoms with van der Waals surface area (Å²) in [7, 11) is 0. The van der Waals surface area contributed by atoms with E-state index in [4.69, 9.17) is 5.84 Å². The molecule has 0 fully saturated rings. The van der Waals surface area contributed by atoms with E-state index in [1.807, 2.05) is 19.2 Å². The van der Waals surface area contributed by atoms with Gasteiger partial charge in [-0.3, -0.25) is 4.98 Å². The Balaban J connectivity index is 2.10. The summed E-state index contributed by atoms with van der Waals surface area (Å²) >= 11 is 0. The van der Waals surface area contributed by atoms with Crippen LogP contribution >= 0.6 is 0 Å². The lowest BCUT2D eigenvalue weighted by Crippen LogP contribution is -2.16. The fourth-order valence-corrected chi connectivity index (χ4v) is 1.98. The molecule has 0 aliphatic heterocycles. The summed E-state index contributed by atoms with van der Waals surface area (Å²) in [5.74, 6) is 8.04. The number of nitrogens with zero attached hydrogens (tertiary/aromatic N) is 3. The van der Waals surface area contributed by atoms with E-state index in [0.29, 0.717) is 5.82 Å². The molecular formula is C15H22N6. The van der Waals surface area contributed by atoms with Crippen LogP contribution in [0, 0.1) is 6.92 Å². The van der Waals surface area contributed by atoms with E-state index >= 15 is 0 Å². The minimum atomic E-state index is 0.247. The highest BCUT2D eigenvalue weighted by molar-refractivity contribution is 5.56. The minimum Gasteiger partial charge on any atom is -0.369 e. The highest BCUT2D eigenvalue weighted by atomic mass is 15.3. The van der Waals surface area contributed by atoms with Crippen LogP contribution in [0.25, 0.3) is 0 Å². The maximum atomic E-state index is 5.53. The Labute approximate surface area is 125 Å². The predicted octanol–water partition coefficient (Wildman–Crippen LogP) is 2.24. The normalized spacial score (nSPS) is 10.7. The third kappa shape index (κ3) is 3.88. The monoisotopic (exact) mass is 286 g/mol. The van der Waals surface area contributed by atoms with E-state index in [1.54, 1.807) is 6.20 Å². The molecule has 0 radical (unpaired) electrons. The Kier molecular flexibility index (Phi) is 5.05. The first-order valence-electron chi connectivity index (χ1n) is 7.09. The largest absolute Gasteiger partial charge is 0.369 e. The first-order valence-corrected chi connectivity index (χ1v) is 7.09. The van der Waals surface area contributed by atoms with Crippen LogP contribution in [-0.4, -0.2) is 21.5 Å². The molecule has 0 bridgehead atoms. The maximum Gasteiger partial charge on any atom is 0.148 e. The number of aromatic nitrogens is 3. The highest BCUT2D eigenvalue weighted by Crippen LogP contribution is 2.22. The zero-order valence-electron chi connectivity index (χ0n) is 12.7. The number of pyridine rings is 1. The highest BCUT2D eigenvalue weighted by Gasteiger charge is 2.12. The summed E-state index contributed by atoms with van der Waals surface area (Å²) in [5, 5.41) is 3.36. The molecule has 2 aromatic rings. The molecule has 0 unspecified atom stereocenters. The van der Waals surface area contributed by atoms with Crippen LogP contribution in [0.5, 0.6) is 0 Å². The fraction of sp³-hybridized carbons (Fsp3) is 0.400. The van der Waals surface area contributed by atoms with E-state index in [1.165, 1.54) is 5.56 Å². The molecule has 0 aromatic carbocycles. The molecule has 0 aliphatic rings. The SMILES string of the molecule is Cc1c(NN)nc(C(C)C)nc1NCCc1cccnc1. The van der Waals surface area contributed by atoms with Crippen molar-refractivity contribution in [2.75, 3.05) is 17.3 Å². The molecule has 2 heterocycles. The second kappa shape index (κ2) is 6.99. The zero-order valence-corrected chi connectivity index (χ0v) is 12.7. The molecule has 0 aliphatic carbocycles. The number of hydrogen-bond acceptors (Lipinski definition) is 6. The van der Waals surface area contributed by atoms with Crippen molar-refractivity contribution in [1.29, 1.82) is 0 Å². The standard InChI is InChI=1S/C15H22N6/c1-10(2)13-19-14(11(3)15(20-13)21-16)18-8-6-12-5-4-7-17-9-12/h4-5,7,9-10H,6,8,16H2,1-3H3,(H2,18,19,20,21). The molecule has 6 heteroatoms. The van der Waals surface area contributed by atoms with Crippen molar-refractivity contribution in [1.82, 2.24) is 15.0 Å². The van der Waals surface area contributed by atoms with Gasteiger partial charge in [0.1, 0.15) is 17.5 Å². The lowest BCUT2D eigenvalue weighted by molar-refractivity contribution is 0.772. The number of nitrogens with two attached hydrogens (primary N) is 1. The van der Waals surface area contributed by atoms with Gasteiger partial charge in [-0.2, -0.15) is 0 Å². The average Bonchev–Trinajstić information content (AvgIpc) is 2.49. The maximum absolute atomic E-state index is 5.53. The van der Waals surface area contributed by atoms with Gasteiger partial charge >= 0.3 is 0 Å². The number of rotatable bonds is 6. The Morgan fingerprint density at radius 2 is 2.00 bits per heavy atom. The van der Waals surface area contributed by atoms with Gasteiger partial charge in [0, 0.05) is 30.4 Å². The number of nitrogen functional groups attached to an aromatic ring is 1. The van der Waals surface area contributed by atoms with Crippen molar-refractivity contribution in [2.45, 2.75) is 33.1 Å². The first kappa shape index (κ1) is 15.2. The van der Waals surface area contributed by atoms with Gasteiger partial charge in [0.2, 0.25) is 0 Å². The lowest BCUT2D eigenvalue weighted by Gasteiger charge is -2.15. The van der Waals surface area contributed by atoms with Crippen LogP contribution in [0.2, 0.25) is 0 Å². The van der Waals surface area contributed by atoms with E-state index in [0.717, 1.165) is 30.2 Å². The number of anilines is 2. The topological polar surface area (TPSA) is 88.8 Å². The molecule has 0 saturated carbocycles. The predicted molar refractivity (Wildman–Crippen MR) is 85.1 cm³/mol. The molecule has 2 rings (SSSR count). The van der Waals surface area contributed by atoms with Gasteiger partial charge in [0.05, 0.1) is 0 Å². The smallest absolute Gasteiger partial charge is 0.148 e. The summed E-state index contributed by atoms with van der Waals surface area (Å²) < 4.78 is 0. The molecule has 0 saturated heterocycles. The van der Waals surface area contributed by atoms with Crippen molar-refractivity contribution >= 4 is 11.6 Å². The minimum absolute atomic E-state index is 0.247. The van der Waals surface area contributed by atoms with E-state index in [-0.39, 0.29) is 5.92 Å². The fourth-order valence-electron chi connectivity index (χ4n) is 1.98. The van der Waals surface area contributed by atoms with Gasteiger partial charge in [-0.25, -0.2) is 15.8 Å². The van der Waals surface area contributed by atoms with Gasteiger partial charge in [-0.05, 0) is 25.0 Å². The zero-order chi connectivity index (χ0) is 15.2. The van der Waals surface area contributed by atoms with Gasteiger partial charge in [0.25, 0.3) is 0 Å². The van der Waals surface area contributed by atoms with Gasteiger partial charge in [-0.15, -0.1) is 0 Å². The second-order valence-corrected chi connectivity index (χ2v) is 5.24. The van der Waals surface area contributed by atoms with Crippen LogP contribution in [-0.2, 0) is 6.42 Å². The Hall–Kier alpha value is -2.21.